The molecule has 3 aromatic carbocycles. The zero-order valence-corrected chi connectivity index (χ0v) is 14.3. The van der Waals surface area contributed by atoms with Crippen LogP contribution >= 0.6 is 0 Å². The molecule has 0 fully saturated rings. The molecule has 2 heterocycles. The quantitative estimate of drug-likeness (QED) is 0.427. The van der Waals surface area contributed by atoms with Crippen LogP contribution in [0.3, 0.4) is 0 Å². The zero-order chi connectivity index (χ0) is 17.7. The van der Waals surface area contributed by atoms with Crippen molar-refractivity contribution in [2.75, 3.05) is 0 Å². The van der Waals surface area contributed by atoms with Crippen LogP contribution in [0, 0.1) is 6.92 Å². The van der Waals surface area contributed by atoms with Crippen molar-refractivity contribution in [1.29, 1.82) is 0 Å². The highest BCUT2D eigenvalue weighted by Gasteiger charge is 2.16. The van der Waals surface area contributed by atoms with Crippen molar-refractivity contribution in [3.8, 4) is 11.1 Å². The van der Waals surface area contributed by atoms with Gasteiger partial charge in [0.1, 0.15) is 5.65 Å². The van der Waals surface area contributed by atoms with Crippen LogP contribution in [-0.2, 0) is 0 Å². The molecule has 0 spiro atoms. The van der Waals surface area contributed by atoms with E-state index in [0.717, 1.165) is 33.1 Å². The maximum Gasteiger partial charge on any atom is 0.199 e. The lowest BCUT2D eigenvalue weighted by Crippen LogP contribution is -2.07. The molecule has 0 amide bonds. The van der Waals surface area contributed by atoms with Crippen molar-refractivity contribution in [2.24, 2.45) is 0 Å². The predicted octanol–water partition coefficient (Wildman–Crippen LogP) is 5.20. The molecule has 5 aromatic rings. The Bertz CT molecular complexity index is 1350. The Hall–Kier alpha value is -3.46. The molecule has 26 heavy (non-hydrogen) atoms. The fourth-order valence-electron chi connectivity index (χ4n) is 3.65. The fourth-order valence-corrected chi connectivity index (χ4v) is 3.65. The Morgan fingerprint density at radius 1 is 0.846 bits per heavy atom. The van der Waals surface area contributed by atoms with Crippen LogP contribution in [0.5, 0.6) is 0 Å². The summed E-state index contributed by atoms with van der Waals surface area (Å²) in [5.41, 5.74) is 5.45. The van der Waals surface area contributed by atoms with E-state index in [-0.39, 0.29) is 5.43 Å². The third-order valence-corrected chi connectivity index (χ3v) is 4.85. The van der Waals surface area contributed by atoms with Gasteiger partial charge >= 0.3 is 0 Å². The third-order valence-electron chi connectivity index (χ3n) is 4.85. The number of H-pyrrole nitrogens is 1. The first kappa shape index (κ1) is 14.8. The molecule has 0 radical (unpaired) electrons. The number of aromatic nitrogens is 2. The number of hydrogen-bond donors (Lipinski definition) is 1. The SMILES string of the molecule is Cc1ccc2nc3[nH]c4ccccc4c(=O)c3c(-c3ccccc3)c2c1. The molecule has 0 unspecified atom stereocenters. The van der Waals surface area contributed by atoms with Gasteiger partial charge in [0.15, 0.2) is 5.43 Å². The number of rotatable bonds is 1. The number of pyridine rings is 2. The average molecular weight is 336 g/mol. The summed E-state index contributed by atoms with van der Waals surface area (Å²) in [4.78, 5) is 21.5. The summed E-state index contributed by atoms with van der Waals surface area (Å²) in [6.07, 6.45) is 0. The summed E-state index contributed by atoms with van der Waals surface area (Å²) in [5.74, 6) is 0. The predicted molar refractivity (Wildman–Crippen MR) is 108 cm³/mol. The summed E-state index contributed by atoms with van der Waals surface area (Å²) >= 11 is 0. The standard InChI is InChI=1S/C23H16N2O/c1-14-11-12-19-17(13-14)20(15-7-3-2-4-8-15)21-22(26)16-9-5-6-10-18(16)24-23(21)25-19/h2-13H,1H3,(H,24,25,26). The maximum absolute atomic E-state index is 13.4. The summed E-state index contributed by atoms with van der Waals surface area (Å²) < 4.78 is 0. The van der Waals surface area contributed by atoms with Crippen molar-refractivity contribution >= 4 is 32.8 Å². The first-order chi connectivity index (χ1) is 12.7. The van der Waals surface area contributed by atoms with E-state index in [0.29, 0.717) is 16.4 Å². The molecule has 5 rings (SSSR count). The van der Waals surface area contributed by atoms with Gasteiger partial charge in [-0.25, -0.2) is 4.98 Å². The van der Waals surface area contributed by atoms with Gasteiger partial charge in [0.2, 0.25) is 0 Å². The summed E-state index contributed by atoms with van der Waals surface area (Å²) in [7, 11) is 0. The maximum atomic E-state index is 13.4. The lowest BCUT2D eigenvalue weighted by molar-refractivity contribution is 1.36. The summed E-state index contributed by atoms with van der Waals surface area (Å²) in [5, 5.41) is 2.34. The minimum atomic E-state index is 0.0177. The van der Waals surface area contributed by atoms with E-state index < -0.39 is 0 Å². The number of hydrogen-bond acceptors (Lipinski definition) is 2. The van der Waals surface area contributed by atoms with Crippen LogP contribution in [0.1, 0.15) is 5.56 Å². The number of aromatic amines is 1. The highest BCUT2D eigenvalue weighted by atomic mass is 16.1. The molecule has 0 bridgehead atoms. The topological polar surface area (TPSA) is 45.8 Å². The van der Waals surface area contributed by atoms with Crippen LogP contribution in [0.2, 0.25) is 0 Å². The Balaban J connectivity index is 2.10. The van der Waals surface area contributed by atoms with Gasteiger partial charge in [-0.15, -0.1) is 0 Å². The number of nitrogens with one attached hydrogen (secondary N) is 1. The monoisotopic (exact) mass is 336 g/mol. The van der Waals surface area contributed by atoms with Crippen molar-refractivity contribution < 1.29 is 0 Å². The van der Waals surface area contributed by atoms with Gasteiger partial charge in [0.25, 0.3) is 0 Å². The molecule has 124 valence electrons. The van der Waals surface area contributed by atoms with E-state index in [1.165, 1.54) is 0 Å². The van der Waals surface area contributed by atoms with Crippen LogP contribution in [0.25, 0.3) is 44.0 Å². The molecule has 0 atom stereocenters. The van der Waals surface area contributed by atoms with Crippen LogP contribution in [-0.4, -0.2) is 9.97 Å². The molecule has 0 saturated heterocycles. The van der Waals surface area contributed by atoms with E-state index in [2.05, 4.69) is 24.0 Å². The zero-order valence-electron chi connectivity index (χ0n) is 14.3. The molecule has 3 heteroatoms. The smallest absolute Gasteiger partial charge is 0.199 e. The minimum absolute atomic E-state index is 0.0177. The van der Waals surface area contributed by atoms with Crippen molar-refractivity contribution in [2.45, 2.75) is 6.92 Å². The second-order valence-corrected chi connectivity index (χ2v) is 6.60. The molecule has 2 aromatic heterocycles. The van der Waals surface area contributed by atoms with Gasteiger partial charge in [-0.1, -0.05) is 54.1 Å². The van der Waals surface area contributed by atoms with Crippen molar-refractivity contribution in [3.05, 3.63) is 88.6 Å². The lowest BCUT2D eigenvalue weighted by Gasteiger charge is -2.12. The van der Waals surface area contributed by atoms with Crippen LogP contribution < -0.4 is 5.43 Å². The largest absolute Gasteiger partial charge is 0.339 e. The highest BCUT2D eigenvalue weighted by molar-refractivity contribution is 6.10. The fraction of sp³-hybridized carbons (Fsp3) is 0.0435. The first-order valence-corrected chi connectivity index (χ1v) is 8.63. The normalized spacial score (nSPS) is 11.4. The van der Waals surface area contributed by atoms with Crippen LogP contribution in [0.15, 0.2) is 77.6 Å². The Morgan fingerprint density at radius 2 is 1.62 bits per heavy atom. The second-order valence-electron chi connectivity index (χ2n) is 6.60. The lowest BCUT2D eigenvalue weighted by atomic mass is 9.95. The van der Waals surface area contributed by atoms with Gasteiger partial charge in [-0.3, -0.25) is 4.79 Å². The van der Waals surface area contributed by atoms with Gasteiger partial charge in [0.05, 0.1) is 16.4 Å². The van der Waals surface area contributed by atoms with E-state index in [4.69, 9.17) is 4.98 Å². The van der Waals surface area contributed by atoms with E-state index in [9.17, 15) is 4.79 Å². The molecule has 1 N–H and O–H groups in total. The van der Waals surface area contributed by atoms with E-state index in [1.54, 1.807) is 0 Å². The van der Waals surface area contributed by atoms with Gasteiger partial charge in [-0.05, 0) is 36.8 Å². The van der Waals surface area contributed by atoms with Gasteiger partial charge < -0.3 is 4.98 Å². The van der Waals surface area contributed by atoms with E-state index >= 15 is 0 Å². The van der Waals surface area contributed by atoms with Gasteiger partial charge in [0, 0.05) is 16.3 Å². The average Bonchev–Trinajstić information content (AvgIpc) is 2.67. The Labute approximate surface area is 149 Å². The Morgan fingerprint density at radius 3 is 2.46 bits per heavy atom. The van der Waals surface area contributed by atoms with Crippen molar-refractivity contribution in [1.82, 2.24) is 9.97 Å². The molecular formula is C23H16N2O. The molecular weight excluding hydrogens is 320 g/mol. The number of para-hydroxylation sites is 1. The van der Waals surface area contributed by atoms with Crippen molar-refractivity contribution in [3.63, 3.8) is 0 Å². The molecule has 0 aliphatic rings. The number of benzene rings is 3. The summed E-state index contributed by atoms with van der Waals surface area (Å²) in [6.45, 7) is 2.06. The van der Waals surface area contributed by atoms with Crippen LogP contribution in [0.4, 0.5) is 0 Å². The number of fused-ring (bicyclic) bond motifs is 3. The highest BCUT2D eigenvalue weighted by Crippen LogP contribution is 2.33. The second kappa shape index (κ2) is 5.53. The first-order valence-electron chi connectivity index (χ1n) is 8.63. The third kappa shape index (κ3) is 2.14. The molecule has 3 nitrogen and oxygen atoms in total. The van der Waals surface area contributed by atoms with E-state index in [1.807, 2.05) is 60.7 Å². The molecule has 0 saturated carbocycles. The number of aryl methyl sites for hydroxylation is 1. The minimum Gasteiger partial charge on any atom is -0.339 e. The van der Waals surface area contributed by atoms with Gasteiger partial charge in [-0.2, -0.15) is 0 Å². The molecule has 0 aliphatic carbocycles. The Kier molecular flexibility index (Phi) is 3.16. The summed E-state index contributed by atoms with van der Waals surface area (Å²) in [6, 6.07) is 23.9. The number of nitrogens with zero attached hydrogens (tertiary/aromatic N) is 1. The molecule has 0 aliphatic heterocycles.